The van der Waals surface area contributed by atoms with Crippen LogP contribution in [0.2, 0.25) is 0 Å². The Morgan fingerprint density at radius 2 is 1.68 bits per heavy atom. The molecule has 1 fully saturated rings. The lowest BCUT2D eigenvalue weighted by molar-refractivity contribution is -0.123. The van der Waals surface area contributed by atoms with Gasteiger partial charge in [0.2, 0.25) is 0 Å². The van der Waals surface area contributed by atoms with E-state index in [0.29, 0.717) is 40.7 Å². The molecule has 1 aliphatic rings. The van der Waals surface area contributed by atoms with E-state index in [0.717, 1.165) is 33.0 Å². The molecule has 1 aliphatic heterocycles. The van der Waals surface area contributed by atoms with Gasteiger partial charge >= 0.3 is 0 Å². The van der Waals surface area contributed by atoms with Gasteiger partial charge in [-0.25, -0.2) is 4.39 Å². The molecule has 0 radical (unpaired) electrons. The number of carbonyl (C=O) groups excluding carboxylic acids is 2. The Kier molecular flexibility index (Phi) is 7.23. The zero-order chi connectivity index (χ0) is 25.8. The molecular weight excluding hydrogens is 489 g/mol. The van der Waals surface area contributed by atoms with Gasteiger partial charge in [0.15, 0.2) is 11.5 Å². The fourth-order valence-corrected chi connectivity index (χ4v) is 4.97. The van der Waals surface area contributed by atoms with E-state index in [1.807, 2.05) is 43.3 Å². The lowest BCUT2D eigenvalue weighted by atomic mass is 10.1. The molecule has 0 saturated carbocycles. The van der Waals surface area contributed by atoms with Crippen LogP contribution in [-0.4, -0.2) is 22.7 Å². The monoisotopic (exact) mass is 513 g/mol. The van der Waals surface area contributed by atoms with Crippen molar-refractivity contribution in [1.82, 2.24) is 4.90 Å². The molecule has 0 aliphatic carbocycles. The maximum absolute atomic E-state index is 13.2. The second kappa shape index (κ2) is 10.9. The summed E-state index contributed by atoms with van der Waals surface area (Å²) in [5.74, 6) is 0.402. The summed E-state index contributed by atoms with van der Waals surface area (Å²) < 4.78 is 25.1. The summed E-state index contributed by atoms with van der Waals surface area (Å²) in [6, 6.07) is 25.5. The third-order valence-corrected chi connectivity index (χ3v) is 6.86. The van der Waals surface area contributed by atoms with Gasteiger partial charge in [0.25, 0.3) is 11.1 Å². The van der Waals surface area contributed by atoms with Crippen molar-refractivity contribution in [2.24, 2.45) is 0 Å². The first-order valence-electron chi connectivity index (χ1n) is 11.9. The summed E-state index contributed by atoms with van der Waals surface area (Å²) in [5.41, 5.74) is 2.46. The number of imide groups is 1. The first-order valence-corrected chi connectivity index (χ1v) is 12.7. The van der Waals surface area contributed by atoms with E-state index in [2.05, 4.69) is 18.2 Å². The van der Waals surface area contributed by atoms with E-state index in [1.54, 1.807) is 24.3 Å². The molecule has 1 saturated heterocycles. The normalized spacial score (nSPS) is 14.5. The van der Waals surface area contributed by atoms with Gasteiger partial charge in [-0.2, -0.15) is 0 Å². The zero-order valence-corrected chi connectivity index (χ0v) is 21.0. The number of fused-ring (bicyclic) bond motifs is 1. The highest BCUT2D eigenvalue weighted by Crippen LogP contribution is 2.36. The lowest BCUT2D eigenvalue weighted by Crippen LogP contribution is -2.27. The molecule has 7 heteroatoms. The minimum Gasteiger partial charge on any atom is -0.490 e. The van der Waals surface area contributed by atoms with Gasteiger partial charge in [-0.1, -0.05) is 60.7 Å². The van der Waals surface area contributed by atoms with Crippen molar-refractivity contribution in [3.63, 3.8) is 0 Å². The maximum atomic E-state index is 13.2. The lowest BCUT2D eigenvalue weighted by Gasteiger charge is -2.14. The third kappa shape index (κ3) is 5.52. The minimum atomic E-state index is -0.381. The van der Waals surface area contributed by atoms with Crippen molar-refractivity contribution in [2.45, 2.75) is 20.1 Å². The topological polar surface area (TPSA) is 55.8 Å². The van der Waals surface area contributed by atoms with E-state index in [-0.39, 0.29) is 23.5 Å². The number of carbonyl (C=O) groups is 2. The number of benzene rings is 4. The molecule has 186 valence electrons. The highest BCUT2D eigenvalue weighted by Gasteiger charge is 2.35. The molecule has 2 amide bonds. The Morgan fingerprint density at radius 3 is 2.49 bits per heavy atom. The number of hydrogen-bond donors (Lipinski definition) is 0. The predicted molar refractivity (Wildman–Crippen MR) is 144 cm³/mol. The van der Waals surface area contributed by atoms with Crippen LogP contribution in [0.15, 0.2) is 89.8 Å². The van der Waals surface area contributed by atoms with Crippen molar-refractivity contribution < 1.29 is 23.5 Å². The van der Waals surface area contributed by atoms with Crippen LogP contribution in [0.3, 0.4) is 0 Å². The summed E-state index contributed by atoms with van der Waals surface area (Å²) >= 11 is 0.883. The van der Waals surface area contributed by atoms with Gasteiger partial charge in [-0.3, -0.25) is 14.5 Å². The van der Waals surface area contributed by atoms with Crippen LogP contribution < -0.4 is 9.47 Å². The Balaban J connectivity index is 1.34. The van der Waals surface area contributed by atoms with Gasteiger partial charge in [0.1, 0.15) is 12.4 Å². The Labute approximate surface area is 218 Å². The first-order chi connectivity index (χ1) is 18.0. The van der Waals surface area contributed by atoms with E-state index in [1.165, 1.54) is 12.1 Å². The summed E-state index contributed by atoms with van der Waals surface area (Å²) in [5, 5.41) is 1.92. The highest BCUT2D eigenvalue weighted by atomic mass is 32.2. The summed E-state index contributed by atoms with van der Waals surface area (Å²) in [4.78, 5) is 26.9. The fraction of sp³-hybridized carbons (Fsp3) is 0.133. The van der Waals surface area contributed by atoms with Crippen LogP contribution in [0.1, 0.15) is 23.6 Å². The van der Waals surface area contributed by atoms with Gasteiger partial charge in [0.05, 0.1) is 18.1 Å². The third-order valence-electron chi connectivity index (χ3n) is 5.96. The standard InChI is InChI=1S/C30H24FNO4S/c1-2-35-27-16-21(12-15-26(27)36-19-23-8-5-7-22-6-3-4-9-25(22)23)17-28-29(33)32(30(34)37-28)18-20-10-13-24(31)14-11-20/h3-17H,2,18-19H2,1H3/b28-17-. The molecule has 5 nitrogen and oxygen atoms in total. The minimum absolute atomic E-state index is 0.0907. The van der Waals surface area contributed by atoms with Crippen LogP contribution >= 0.6 is 11.8 Å². The number of ether oxygens (including phenoxy) is 2. The van der Waals surface area contributed by atoms with Crippen LogP contribution in [0.5, 0.6) is 11.5 Å². The first kappa shape index (κ1) is 24.6. The van der Waals surface area contributed by atoms with E-state index in [9.17, 15) is 14.0 Å². The average molecular weight is 514 g/mol. The van der Waals surface area contributed by atoms with Crippen molar-refractivity contribution >= 4 is 39.8 Å². The number of hydrogen-bond acceptors (Lipinski definition) is 5. The SMILES string of the molecule is CCOc1cc(/C=C2\SC(=O)N(Cc3ccc(F)cc3)C2=O)ccc1OCc1cccc2ccccc12. The van der Waals surface area contributed by atoms with Crippen molar-refractivity contribution in [1.29, 1.82) is 0 Å². The fourth-order valence-electron chi connectivity index (χ4n) is 4.14. The van der Waals surface area contributed by atoms with Crippen molar-refractivity contribution in [2.75, 3.05) is 6.61 Å². The second-order valence-corrected chi connectivity index (χ2v) is 9.45. The molecule has 4 aromatic rings. The van der Waals surface area contributed by atoms with E-state index in [4.69, 9.17) is 9.47 Å². The molecule has 0 bridgehead atoms. The second-order valence-electron chi connectivity index (χ2n) is 8.46. The van der Waals surface area contributed by atoms with E-state index < -0.39 is 0 Å². The number of nitrogens with zero attached hydrogens (tertiary/aromatic N) is 1. The molecule has 0 spiro atoms. The molecule has 0 N–H and O–H groups in total. The van der Waals surface area contributed by atoms with Crippen molar-refractivity contribution in [3.05, 3.63) is 112 Å². The maximum Gasteiger partial charge on any atom is 0.293 e. The Bertz CT molecular complexity index is 1490. The Morgan fingerprint density at radius 1 is 0.892 bits per heavy atom. The quantitative estimate of drug-likeness (QED) is 0.233. The molecular formula is C30H24FNO4S. The molecule has 5 rings (SSSR count). The van der Waals surface area contributed by atoms with Crippen LogP contribution in [-0.2, 0) is 17.9 Å². The number of amides is 2. The molecule has 4 aromatic carbocycles. The summed E-state index contributed by atoms with van der Waals surface area (Å²) in [7, 11) is 0. The molecule has 1 heterocycles. The number of rotatable bonds is 8. The zero-order valence-electron chi connectivity index (χ0n) is 20.1. The van der Waals surface area contributed by atoms with Crippen LogP contribution in [0, 0.1) is 5.82 Å². The number of thioether (sulfide) groups is 1. The molecule has 0 atom stereocenters. The highest BCUT2D eigenvalue weighted by molar-refractivity contribution is 8.18. The van der Waals surface area contributed by atoms with Crippen LogP contribution in [0.4, 0.5) is 9.18 Å². The van der Waals surface area contributed by atoms with Gasteiger partial charge in [-0.05, 0) is 76.5 Å². The van der Waals surface area contributed by atoms with Gasteiger partial charge < -0.3 is 9.47 Å². The molecule has 0 unspecified atom stereocenters. The molecule has 0 aromatic heterocycles. The summed E-state index contributed by atoms with van der Waals surface area (Å²) in [6.07, 6.45) is 1.67. The van der Waals surface area contributed by atoms with E-state index >= 15 is 0 Å². The van der Waals surface area contributed by atoms with Crippen molar-refractivity contribution in [3.8, 4) is 11.5 Å². The molecule has 37 heavy (non-hydrogen) atoms. The van der Waals surface area contributed by atoms with Crippen LogP contribution in [0.25, 0.3) is 16.8 Å². The number of halogens is 1. The Hall–Kier alpha value is -4.10. The largest absolute Gasteiger partial charge is 0.490 e. The average Bonchev–Trinajstić information content (AvgIpc) is 3.17. The summed E-state index contributed by atoms with van der Waals surface area (Å²) in [6.45, 7) is 2.81. The smallest absolute Gasteiger partial charge is 0.293 e. The van der Waals surface area contributed by atoms with Gasteiger partial charge in [-0.15, -0.1) is 0 Å². The van der Waals surface area contributed by atoms with Gasteiger partial charge in [0, 0.05) is 0 Å². The predicted octanol–water partition coefficient (Wildman–Crippen LogP) is 7.19.